The minimum Gasteiger partial charge on any atom is -0.348 e. The highest BCUT2D eigenvalue weighted by atomic mass is 16.5. The van der Waals surface area contributed by atoms with Gasteiger partial charge in [0.25, 0.3) is 5.91 Å². The molecule has 0 radical (unpaired) electrons. The van der Waals surface area contributed by atoms with Crippen molar-refractivity contribution < 1.29 is 9.32 Å². The third-order valence-electron chi connectivity index (χ3n) is 3.66. The predicted molar refractivity (Wildman–Crippen MR) is 61.7 cm³/mol. The minimum absolute atomic E-state index is 0.0607. The number of nitrogens with zero attached hydrogens (tertiary/aromatic N) is 2. The number of piperidine rings is 1. The standard InChI is InChI=1S/C12H14N4O2/c13-6-10-5-11(16-18-10)12(17)15-9-3-7-1-2-8(4-9)14-7/h5,7-9,14H,1-4H2,(H,15,17). The monoisotopic (exact) mass is 246 g/mol. The van der Waals surface area contributed by atoms with Crippen LogP contribution in [0.15, 0.2) is 10.6 Å². The first-order chi connectivity index (χ1) is 8.74. The van der Waals surface area contributed by atoms with Crippen LogP contribution in [0.3, 0.4) is 0 Å². The molecule has 2 aliphatic heterocycles. The average Bonchev–Trinajstić information content (AvgIpc) is 2.96. The van der Waals surface area contributed by atoms with Gasteiger partial charge in [-0.1, -0.05) is 5.16 Å². The van der Waals surface area contributed by atoms with Gasteiger partial charge in [-0.3, -0.25) is 4.79 Å². The molecule has 2 unspecified atom stereocenters. The Balaban J connectivity index is 1.62. The van der Waals surface area contributed by atoms with Gasteiger partial charge in [-0.05, 0) is 25.7 Å². The molecule has 1 amide bonds. The van der Waals surface area contributed by atoms with Crippen LogP contribution in [-0.2, 0) is 0 Å². The van der Waals surface area contributed by atoms with Crippen LogP contribution in [0, 0.1) is 11.3 Å². The van der Waals surface area contributed by atoms with Gasteiger partial charge in [-0.25, -0.2) is 0 Å². The molecule has 3 heterocycles. The van der Waals surface area contributed by atoms with Crippen molar-refractivity contribution in [3.8, 4) is 6.07 Å². The smallest absolute Gasteiger partial charge is 0.273 e. The molecular weight excluding hydrogens is 232 g/mol. The van der Waals surface area contributed by atoms with Crippen LogP contribution < -0.4 is 10.6 Å². The Kier molecular flexibility index (Phi) is 2.76. The first-order valence-corrected chi connectivity index (χ1v) is 6.18. The molecule has 0 spiro atoms. The number of hydrogen-bond acceptors (Lipinski definition) is 5. The highest BCUT2D eigenvalue weighted by Crippen LogP contribution is 2.26. The number of rotatable bonds is 2. The molecule has 6 heteroatoms. The molecule has 2 N–H and O–H groups in total. The average molecular weight is 246 g/mol. The van der Waals surface area contributed by atoms with Crippen LogP contribution in [-0.4, -0.2) is 29.2 Å². The van der Waals surface area contributed by atoms with Crippen molar-refractivity contribution in [2.75, 3.05) is 0 Å². The normalized spacial score (nSPS) is 29.8. The topological polar surface area (TPSA) is 91.0 Å². The van der Waals surface area contributed by atoms with Crippen molar-refractivity contribution in [2.24, 2.45) is 0 Å². The molecule has 2 atom stereocenters. The van der Waals surface area contributed by atoms with E-state index in [0.717, 1.165) is 12.8 Å². The van der Waals surface area contributed by atoms with Crippen LogP contribution in [0.2, 0.25) is 0 Å². The maximum Gasteiger partial charge on any atom is 0.273 e. The molecule has 3 rings (SSSR count). The van der Waals surface area contributed by atoms with E-state index < -0.39 is 0 Å². The molecular formula is C12H14N4O2. The summed E-state index contributed by atoms with van der Waals surface area (Å²) >= 11 is 0. The predicted octanol–water partition coefficient (Wildman–Crippen LogP) is 0.559. The summed E-state index contributed by atoms with van der Waals surface area (Å²) in [7, 11) is 0. The SMILES string of the molecule is N#Cc1cc(C(=O)NC2CC3CCC(C2)N3)no1. The van der Waals surface area contributed by atoms with Crippen molar-refractivity contribution in [2.45, 2.75) is 43.8 Å². The second-order valence-corrected chi connectivity index (χ2v) is 4.97. The molecule has 1 aromatic heterocycles. The zero-order valence-corrected chi connectivity index (χ0v) is 9.85. The molecule has 2 fully saturated rings. The fourth-order valence-corrected chi connectivity index (χ4v) is 2.87. The van der Waals surface area contributed by atoms with Crippen molar-refractivity contribution in [1.82, 2.24) is 15.8 Å². The Labute approximate surface area is 104 Å². The highest BCUT2D eigenvalue weighted by Gasteiger charge is 2.34. The van der Waals surface area contributed by atoms with E-state index in [2.05, 4.69) is 15.8 Å². The van der Waals surface area contributed by atoms with Crippen molar-refractivity contribution >= 4 is 5.91 Å². The Morgan fingerprint density at radius 3 is 2.83 bits per heavy atom. The molecule has 0 aliphatic carbocycles. The summed E-state index contributed by atoms with van der Waals surface area (Å²) in [4.78, 5) is 11.9. The van der Waals surface area contributed by atoms with Gasteiger partial charge in [0.15, 0.2) is 5.69 Å². The zero-order valence-electron chi connectivity index (χ0n) is 9.85. The summed E-state index contributed by atoms with van der Waals surface area (Å²) in [6, 6.07) is 4.43. The van der Waals surface area contributed by atoms with Gasteiger partial charge in [0, 0.05) is 24.2 Å². The summed E-state index contributed by atoms with van der Waals surface area (Å²) in [5, 5.41) is 18.7. The van der Waals surface area contributed by atoms with E-state index in [1.165, 1.54) is 18.9 Å². The molecule has 2 bridgehead atoms. The third-order valence-corrected chi connectivity index (χ3v) is 3.66. The van der Waals surface area contributed by atoms with E-state index in [-0.39, 0.29) is 23.4 Å². The van der Waals surface area contributed by atoms with E-state index >= 15 is 0 Å². The number of amides is 1. The summed E-state index contributed by atoms with van der Waals surface area (Å²) < 4.78 is 4.69. The van der Waals surface area contributed by atoms with E-state index in [4.69, 9.17) is 9.78 Å². The van der Waals surface area contributed by atoms with E-state index in [1.54, 1.807) is 0 Å². The Morgan fingerprint density at radius 1 is 1.50 bits per heavy atom. The number of fused-ring (bicyclic) bond motifs is 2. The third kappa shape index (κ3) is 2.09. The maximum atomic E-state index is 11.9. The van der Waals surface area contributed by atoms with Crippen molar-refractivity contribution in [1.29, 1.82) is 5.26 Å². The number of carbonyl (C=O) groups is 1. The Hall–Kier alpha value is -1.87. The first-order valence-electron chi connectivity index (χ1n) is 6.18. The molecule has 0 saturated carbocycles. The van der Waals surface area contributed by atoms with Crippen molar-refractivity contribution in [3.05, 3.63) is 17.5 Å². The van der Waals surface area contributed by atoms with E-state index in [0.29, 0.717) is 12.1 Å². The van der Waals surface area contributed by atoms with Crippen LogP contribution >= 0.6 is 0 Å². The van der Waals surface area contributed by atoms with Gasteiger partial charge >= 0.3 is 0 Å². The number of nitrogens with one attached hydrogen (secondary N) is 2. The highest BCUT2D eigenvalue weighted by molar-refractivity contribution is 5.92. The molecule has 0 aromatic carbocycles. The van der Waals surface area contributed by atoms with Gasteiger partial charge in [0.1, 0.15) is 6.07 Å². The summed E-state index contributed by atoms with van der Waals surface area (Å²) in [5.41, 5.74) is 0.178. The molecule has 94 valence electrons. The lowest BCUT2D eigenvalue weighted by Gasteiger charge is -2.29. The zero-order chi connectivity index (χ0) is 12.5. The number of hydrogen-bond donors (Lipinski definition) is 2. The van der Waals surface area contributed by atoms with Gasteiger partial charge < -0.3 is 15.2 Å². The molecule has 1 aromatic rings. The largest absolute Gasteiger partial charge is 0.348 e. The van der Waals surface area contributed by atoms with Gasteiger partial charge in [0.05, 0.1) is 0 Å². The number of carbonyl (C=O) groups excluding carboxylic acids is 1. The van der Waals surface area contributed by atoms with Gasteiger partial charge in [-0.15, -0.1) is 0 Å². The summed E-state index contributed by atoms with van der Waals surface area (Å²) in [6.45, 7) is 0. The van der Waals surface area contributed by atoms with Gasteiger partial charge in [0.2, 0.25) is 5.76 Å². The van der Waals surface area contributed by atoms with Crippen LogP contribution in [0.4, 0.5) is 0 Å². The second-order valence-electron chi connectivity index (χ2n) is 4.97. The second kappa shape index (κ2) is 4.42. The van der Waals surface area contributed by atoms with E-state index in [1.807, 2.05) is 6.07 Å². The fraction of sp³-hybridized carbons (Fsp3) is 0.583. The summed E-state index contributed by atoms with van der Waals surface area (Å²) in [6.07, 6.45) is 4.32. The molecule has 2 saturated heterocycles. The lowest BCUT2D eigenvalue weighted by molar-refractivity contribution is 0.0915. The van der Waals surface area contributed by atoms with Crippen molar-refractivity contribution in [3.63, 3.8) is 0 Å². The Bertz CT molecular complexity index is 492. The van der Waals surface area contributed by atoms with Crippen LogP contribution in [0.25, 0.3) is 0 Å². The van der Waals surface area contributed by atoms with Crippen LogP contribution in [0.1, 0.15) is 41.9 Å². The molecule has 18 heavy (non-hydrogen) atoms. The summed E-state index contributed by atoms with van der Waals surface area (Å²) in [5.74, 6) is -0.197. The van der Waals surface area contributed by atoms with Gasteiger partial charge in [-0.2, -0.15) is 5.26 Å². The lowest BCUT2D eigenvalue weighted by Crippen LogP contribution is -2.48. The lowest BCUT2D eigenvalue weighted by atomic mass is 10.00. The number of aromatic nitrogens is 1. The molecule has 6 nitrogen and oxygen atoms in total. The minimum atomic E-state index is -0.258. The maximum absolute atomic E-state index is 11.9. The fourth-order valence-electron chi connectivity index (χ4n) is 2.87. The first kappa shape index (κ1) is 11.2. The van der Waals surface area contributed by atoms with Crippen LogP contribution in [0.5, 0.6) is 0 Å². The van der Waals surface area contributed by atoms with E-state index in [9.17, 15) is 4.79 Å². The Morgan fingerprint density at radius 2 is 2.22 bits per heavy atom. The number of nitriles is 1. The molecule has 2 aliphatic rings. The quantitative estimate of drug-likeness (QED) is 0.795.